The number of nitrogens with one attached hydrogen (secondary N) is 2. The number of nitro groups is 1. The first-order chi connectivity index (χ1) is 9.57. The number of hydrogen-bond acceptors (Lipinski definition) is 6. The highest BCUT2D eigenvalue weighted by atomic mass is 16.6. The monoisotopic (exact) mass is 276 g/mol. The van der Waals surface area contributed by atoms with Gasteiger partial charge in [0.1, 0.15) is 0 Å². The standard InChI is InChI=1S/C13H16N4O3/c1-13(5-7-14-8-6-13)16-12-15-11-9(17(18)19)3-2-4-10(11)20-12/h2-4,14H,5-8H2,1H3,(H,15,16). The Morgan fingerprint density at radius 2 is 2.20 bits per heavy atom. The summed E-state index contributed by atoms with van der Waals surface area (Å²) in [6.07, 6.45) is 1.90. The van der Waals surface area contributed by atoms with Crippen molar-refractivity contribution in [2.75, 3.05) is 18.4 Å². The normalized spacial score (nSPS) is 18.1. The van der Waals surface area contributed by atoms with Crippen molar-refractivity contribution in [3.05, 3.63) is 28.3 Å². The number of piperidine rings is 1. The van der Waals surface area contributed by atoms with Gasteiger partial charge in [0.15, 0.2) is 11.1 Å². The number of non-ortho nitro benzene ring substituents is 1. The Morgan fingerprint density at radius 3 is 2.90 bits per heavy atom. The van der Waals surface area contributed by atoms with Gasteiger partial charge in [0, 0.05) is 11.6 Å². The second-order valence-electron chi connectivity index (χ2n) is 5.34. The summed E-state index contributed by atoms with van der Waals surface area (Å²) in [5.74, 6) is 0. The molecule has 3 rings (SSSR count). The van der Waals surface area contributed by atoms with Gasteiger partial charge in [-0.2, -0.15) is 4.98 Å². The van der Waals surface area contributed by atoms with Crippen molar-refractivity contribution < 1.29 is 9.34 Å². The number of aromatic nitrogens is 1. The molecule has 1 aromatic carbocycles. The van der Waals surface area contributed by atoms with E-state index in [4.69, 9.17) is 4.42 Å². The molecule has 1 saturated heterocycles. The molecule has 0 atom stereocenters. The third-order valence-electron chi connectivity index (χ3n) is 3.71. The summed E-state index contributed by atoms with van der Waals surface area (Å²) in [5, 5.41) is 17.5. The molecule has 1 aliphatic rings. The van der Waals surface area contributed by atoms with E-state index >= 15 is 0 Å². The molecule has 0 spiro atoms. The van der Waals surface area contributed by atoms with Crippen molar-refractivity contribution in [1.29, 1.82) is 0 Å². The molecule has 1 fully saturated rings. The summed E-state index contributed by atoms with van der Waals surface area (Å²) in [5.41, 5.74) is 0.590. The Balaban J connectivity index is 1.93. The Bertz CT molecular complexity index is 646. The zero-order chi connectivity index (χ0) is 14.2. The molecule has 0 unspecified atom stereocenters. The fourth-order valence-corrected chi connectivity index (χ4v) is 2.50. The highest BCUT2D eigenvalue weighted by Gasteiger charge is 2.28. The molecule has 1 aliphatic heterocycles. The van der Waals surface area contributed by atoms with Crippen LogP contribution in [0.15, 0.2) is 22.6 Å². The molecule has 106 valence electrons. The summed E-state index contributed by atoms with van der Waals surface area (Å²) in [4.78, 5) is 14.8. The molecular formula is C13H16N4O3. The van der Waals surface area contributed by atoms with Gasteiger partial charge >= 0.3 is 0 Å². The number of anilines is 1. The third-order valence-corrected chi connectivity index (χ3v) is 3.71. The van der Waals surface area contributed by atoms with Crippen LogP contribution in [-0.2, 0) is 0 Å². The zero-order valence-corrected chi connectivity index (χ0v) is 11.2. The van der Waals surface area contributed by atoms with E-state index in [1.54, 1.807) is 12.1 Å². The summed E-state index contributed by atoms with van der Waals surface area (Å²) < 4.78 is 5.58. The SMILES string of the molecule is CC1(Nc2nc3c([N+](=O)[O-])cccc3o2)CCNCC1. The fourth-order valence-electron chi connectivity index (χ4n) is 2.50. The second-order valence-corrected chi connectivity index (χ2v) is 5.34. The lowest BCUT2D eigenvalue weighted by atomic mass is 9.91. The largest absolute Gasteiger partial charge is 0.423 e. The average molecular weight is 276 g/mol. The lowest BCUT2D eigenvalue weighted by Gasteiger charge is -2.34. The molecule has 0 radical (unpaired) electrons. The number of nitro benzene ring substituents is 1. The third kappa shape index (κ3) is 2.32. The van der Waals surface area contributed by atoms with Crippen molar-refractivity contribution in [3.63, 3.8) is 0 Å². The van der Waals surface area contributed by atoms with Crippen LogP contribution in [0, 0.1) is 10.1 Å². The van der Waals surface area contributed by atoms with Crippen molar-refractivity contribution in [2.45, 2.75) is 25.3 Å². The summed E-state index contributed by atoms with van der Waals surface area (Å²) in [6, 6.07) is 5.06. The number of benzene rings is 1. The molecule has 0 aliphatic carbocycles. The van der Waals surface area contributed by atoms with Crippen LogP contribution in [0.2, 0.25) is 0 Å². The predicted molar refractivity (Wildman–Crippen MR) is 74.8 cm³/mol. The van der Waals surface area contributed by atoms with Crippen LogP contribution < -0.4 is 10.6 Å². The molecule has 20 heavy (non-hydrogen) atoms. The van der Waals surface area contributed by atoms with Crippen molar-refractivity contribution >= 4 is 22.8 Å². The zero-order valence-electron chi connectivity index (χ0n) is 11.2. The number of nitrogens with zero attached hydrogens (tertiary/aromatic N) is 2. The van der Waals surface area contributed by atoms with Gasteiger partial charge in [0.05, 0.1) is 4.92 Å². The molecule has 0 saturated carbocycles. The molecule has 2 N–H and O–H groups in total. The van der Waals surface area contributed by atoms with E-state index in [9.17, 15) is 10.1 Å². The van der Waals surface area contributed by atoms with E-state index in [2.05, 4.69) is 22.5 Å². The molecule has 7 nitrogen and oxygen atoms in total. The molecule has 2 aromatic rings. The number of oxazole rings is 1. The van der Waals surface area contributed by atoms with Crippen molar-refractivity contribution in [2.24, 2.45) is 0 Å². The van der Waals surface area contributed by atoms with Gasteiger partial charge in [-0.1, -0.05) is 6.07 Å². The maximum atomic E-state index is 11.0. The minimum Gasteiger partial charge on any atom is -0.423 e. The first-order valence-electron chi connectivity index (χ1n) is 6.60. The van der Waals surface area contributed by atoms with Gasteiger partial charge in [0.25, 0.3) is 11.7 Å². The Labute approximate surface area is 115 Å². The molecule has 0 amide bonds. The summed E-state index contributed by atoms with van der Waals surface area (Å²) in [6.45, 7) is 3.98. The highest BCUT2D eigenvalue weighted by molar-refractivity contribution is 5.84. The molecular weight excluding hydrogens is 260 g/mol. The summed E-state index contributed by atoms with van der Waals surface area (Å²) in [7, 11) is 0. The van der Waals surface area contributed by atoms with E-state index in [1.165, 1.54) is 6.07 Å². The van der Waals surface area contributed by atoms with Crippen LogP contribution in [0.25, 0.3) is 11.1 Å². The van der Waals surface area contributed by atoms with Gasteiger partial charge in [-0.25, -0.2) is 0 Å². The maximum Gasteiger partial charge on any atom is 0.298 e. The number of rotatable bonds is 3. The van der Waals surface area contributed by atoms with Crippen LogP contribution in [0.5, 0.6) is 0 Å². The lowest BCUT2D eigenvalue weighted by Crippen LogP contribution is -2.45. The first-order valence-corrected chi connectivity index (χ1v) is 6.60. The van der Waals surface area contributed by atoms with E-state index in [1.807, 2.05) is 0 Å². The first kappa shape index (κ1) is 12.9. The van der Waals surface area contributed by atoms with Crippen LogP contribution in [-0.4, -0.2) is 28.5 Å². The molecule has 7 heteroatoms. The van der Waals surface area contributed by atoms with E-state index in [0.717, 1.165) is 25.9 Å². The smallest absolute Gasteiger partial charge is 0.298 e. The van der Waals surface area contributed by atoms with Crippen LogP contribution in [0.1, 0.15) is 19.8 Å². The lowest BCUT2D eigenvalue weighted by molar-refractivity contribution is -0.383. The van der Waals surface area contributed by atoms with Gasteiger partial charge in [-0.3, -0.25) is 10.1 Å². The van der Waals surface area contributed by atoms with Gasteiger partial charge in [-0.15, -0.1) is 0 Å². The van der Waals surface area contributed by atoms with E-state index in [0.29, 0.717) is 11.6 Å². The molecule has 2 heterocycles. The van der Waals surface area contributed by atoms with Crippen LogP contribution in [0.3, 0.4) is 0 Å². The van der Waals surface area contributed by atoms with E-state index in [-0.39, 0.29) is 16.7 Å². The summed E-state index contributed by atoms with van der Waals surface area (Å²) >= 11 is 0. The second kappa shape index (κ2) is 4.75. The van der Waals surface area contributed by atoms with Gasteiger partial charge in [-0.05, 0) is 38.9 Å². The predicted octanol–water partition coefficient (Wildman–Crippen LogP) is 2.29. The number of para-hydroxylation sites is 1. The average Bonchev–Trinajstić information content (AvgIpc) is 2.80. The van der Waals surface area contributed by atoms with Crippen LogP contribution >= 0.6 is 0 Å². The topological polar surface area (TPSA) is 93.2 Å². The van der Waals surface area contributed by atoms with Crippen molar-refractivity contribution in [3.8, 4) is 0 Å². The highest BCUT2D eigenvalue weighted by Crippen LogP contribution is 2.30. The quantitative estimate of drug-likeness (QED) is 0.660. The Kier molecular flexibility index (Phi) is 3.06. The molecule has 0 bridgehead atoms. The Morgan fingerprint density at radius 1 is 1.45 bits per heavy atom. The number of fused-ring (bicyclic) bond motifs is 1. The van der Waals surface area contributed by atoms with E-state index < -0.39 is 4.92 Å². The molecule has 1 aromatic heterocycles. The minimum atomic E-state index is -0.444. The Hall–Kier alpha value is -2.15. The maximum absolute atomic E-state index is 11.0. The van der Waals surface area contributed by atoms with Crippen molar-refractivity contribution in [1.82, 2.24) is 10.3 Å². The van der Waals surface area contributed by atoms with Gasteiger partial charge < -0.3 is 15.1 Å². The van der Waals surface area contributed by atoms with Crippen LogP contribution in [0.4, 0.5) is 11.7 Å². The fraction of sp³-hybridized carbons (Fsp3) is 0.462. The number of hydrogen-bond donors (Lipinski definition) is 2. The van der Waals surface area contributed by atoms with Gasteiger partial charge in [0.2, 0.25) is 0 Å². The minimum absolute atomic E-state index is 0.0326.